The number of aliphatic hydroxyl groups is 1. The van der Waals surface area contributed by atoms with Crippen LogP contribution in [0.15, 0.2) is 0 Å². The Morgan fingerprint density at radius 3 is 2.40 bits per heavy atom. The fraction of sp³-hybridized carbons (Fsp3) is 1.00. The summed E-state index contributed by atoms with van der Waals surface area (Å²) in [6.07, 6.45) is 0.909. The molecular weight excluding hydrogens is 160 g/mol. The average Bonchev–Trinajstić information content (AvgIpc) is 2.45. The molecule has 1 rings (SSSR count). The number of aliphatic hydroxyl groups excluding tert-OH is 1. The third-order valence-electron chi connectivity index (χ3n) is 1.01. The minimum Gasteiger partial charge on any atom is -0.391 e. The van der Waals surface area contributed by atoms with Crippen LogP contribution < -0.4 is 0 Å². The molecule has 0 aliphatic carbocycles. The molecule has 6 heteroatoms. The summed E-state index contributed by atoms with van der Waals surface area (Å²) in [7, 11) is -3.52. The fourth-order valence-corrected chi connectivity index (χ4v) is 1.22. The summed E-state index contributed by atoms with van der Waals surface area (Å²) in [6, 6.07) is 0. The number of hydrogen-bond acceptors (Lipinski definition) is 5. The Hall–Kier alpha value is -0.170. The summed E-state index contributed by atoms with van der Waals surface area (Å²) in [5.41, 5.74) is 0. The van der Waals surface area contributed by atoms with E-state index < -0.39 is 22.5 Å². The molecule has 1 aliphatic heterocycles. The maximum absolute atomic E-state index is 10.4. The van der Waals surface area contributed by atoms with Crippen LogP contribution in [0.5, 0.6) is 0 Å². The summed E-state index contributed by atoms with van der Waals surface area (Å²) < 4.78 is 29.8. The molecule has 0 bridgehead atoms. The first kappa shape index (κ1) is 7.93. The van der Waals surface area contributed by atoms with E-state index in [-0.39, 0.29) is 6.61 Å². The summed E-state index contributed by atoms with van der Waals surface area (Å²) in [5.74, 6) is -1.26. The van der Waals surface area contributed by atoms with Crippen LogP contribution in [-0.4, -0.2) is 38.8 Å². The van der Waals surface area contributed by atoms with Crippen molar-refractivity contribution in [3.05, 3.63) is 0 Å². The molecule has 0 saturated carbocycles. The van der Waals surface area contributed by atoms with Gasteiger partial charge < -0.3 is 9.84 Å². The highest BCUT2D eigenvalue weighted by Gasteiger charge is 2.49. The molecule has 60 valence electrons. The molecule has 5 nitrogen and oxygen atoms in total. The summed E-state index contributed by atoms with van der Waals surface area (Å²) in [6.45, 7) is -0.295. The highest BCUT2D eigenvalue weighted by Crippen LogP contribution is 2.28. The van der Waals surface area contributed by atoms with Crippen LogP contribution >= 0.6 is 0 Å². The van der Waals surface area contributed by atoms with Crippen LogP contribution in [0, 0.1) is 0 Å². The van der Waals surface area contributed by atoms with Crippen molar-refractivity contribution in [2.24, 2.45) is 0 Å². The molecule has 1 N–H and O–H groups in total. The van der Waals surface area contributed by atoms with Crippen LogP contribution in [-0.2, 0) is 19.0 Å². The number of ether oxygens (including phenoxy) is 1. The monoisotopic (exact) mass is 168 g/mol. The predicted molar refractivity (Wildman–Crippen MR) is 31.7 cm³/mol. The van der Waals surface area contributed by atoms with E-state index in [1.165, 1.54) is 0 Å². The van der Waals surface area contributed by atoms with Crippen LogP contribution in [0.2, 0.25) is 0 Å². The molecule has 1 heterocycles. The first-order valence-corrected chi connectivity index (χ1v) is 4.45. The second-order valence-corrected chi connectivity index (χ2v) is 3.72. The highest BCUT2D eigenvalue weighted by atomic mass is 32.2. The lowest BCUT2D eigenvalue weighted by molar-refractivity contribution is 0.0146. The van der Waals surface area contributed by atoms with Gasteiger partial charge in [0.1, 0.15) is 13.2 Å². The smallest absolute Gasteiger partial charge is 0.267 e. The molecule has 0 unspecified atom stereocenters. The Balaban J connectivity index is 2.54. The Labute approximate surface area is 58.7 Å². The zero-order valence-corrected chi connectivity index (χ0v) is 6.22. The number of epoxide rings is 1. The topological polar surface area (TPSA) is 76.1 Å². The second kappa shape index (κ2) is 2.16. The van der Waals surface area contributed by atoms with Gasteiger partial charge in [0.2, 0.25) is 5.79 Å². The zero-order chi connectivity index (χ0) is 7.83. The van der Waals surface area contributed by atoms with Gasteiger partial charge in [-0.05, 0) is 0 Å². The van der Waals surface area contributed by atoms with E-state index in [0.29, 0.717) is 0 Å². The predicted octanol–water partition coefficient (Wildman–Crippen LogP) is -1.32. The van der Waals surface area contributed by atoms with Crippen molar-refractivity contribution in [2.45, 2.75) is 5.79 Å². The van der Waals surface area contributed by atoms with Crippen LogP contribution in [0.4, 0.5) is 0 Å². The Morgan fingerprint density at radius 2 is 2.30 bits per heavy atom. The normalized spacial score (nSPS) is 32.2. The van der Waals surface area contributed by atoms with Crippen molar-refractivity contribution < 1.29 is 22.4 Å². The molecule has 10 heavy (non-hydrogen) atoms. The summed E-state index contributed by atoms with van der Waals surface area (Å²) in [4.78, 5) is 0. The van der Waals surface area contributed by atoms with Gasteiger partial charge in [-0.15, -0.1) is 0 Å². The lowest BCUT2D eigenvalue weighted by Crippen LogP contribution is -2.24. The fourth-order valence-electron chi connectivity index (χ4n) is 0.522. The van der Waals surface area contributed by atoms with Gasteiger partial charge in [0.25, 0.3) is 10.1 Å². The molecule has 0 aromatic carbocycles. The molecule has 1 atom stereocenters. The van der Waals surface area contributed by atoms with Crippen LogP contribution in [0.1, 0.15) is 0 Å². The van der Waals surface area contributed by atoms with Crippen molar-refractivity contribution >= 4 is 10.1 Å². The van der Waals surface area contributed by atoms with Gasteiger partial charge in [0.05, 0.1) is 6.26 Å². The zero-order valence-electron chi connectivity index (χ0n) is 5.40. The second-order valence-electron chi connectivity index (χ2n) is 2.14. The van der Waals surface area contributed by atoms with Crippen molar-refractivity contribution in [1.29, 1.82) is 0 Å². The third kappa shape index (κ3) is 1.91. The summed E-state index contributed by atoms with van der Waals surface area (Å²) >= 11 is 0. The maximum Gasteiger partial charge on any atom is 0.267 e. The van der Waals surface area contributed by atoms with E-state index in [0.717, 1.165) is 6.26 Å². The van der Waals surface area contributed by atoms with Crippen molar-refractivity contribution in [3.63, 3.8) is 0 Å². The van der Waals surface area contributed by atoms with Gasteiger partial charge in [0.15, 0.2) is 0 Å². The molecule has 1 saturated heterocycles. The van der Waals surface area contributed by atoms with Gasteiger partial charge in [-0.1, -0.05) is 0 Å². The number of rotatable bonds is 3. The van der Waals surface area contributed by atoms with E-state index in [9.17, 15) is 8.42 Å². The van der Waals surface area contributed by atoms with Gasteiger partial charge in [0, 0.05) is 0 Å². The maximum atomic E-state index is 10.4. The van der Waals surface area contributed by atoms with Crippen LogP contribution in [0.3, 0.4) is 0 Å². The van der Waals surface area contributed by atoms with E-state index in [4.69, 9.17) is 5.11 Å². The van der Waals surface area contributed by atoms with Gasteiger partial charge >= 0.3 is 0 Å². The van der Waals surface area contributed by atoms with E-state index in [1.807, 2.05) is 0 Å². The number of hydrogen-bond donors (Lipinski definition) is 1. The van der Waals surface area contributed by atoms with Crippen molar-refractivity contribution in [3.8, 4) is 0 Å². The van der Waals surface area contributed by atoms with E-state index in [2.05, 4.69) is 8.92 Å². The van der Waals surface area contributed by atoms with Gasteiger partial charge in [-0.3, -0.25) is 0 Å². The van der Waals surface area contributed by atoms with Crippen molar-refractivity contribution in [1.82, 2.24) is 0 Å². The lowest BCUT2D eigenvalue weighted by atomic mass is 10.4. The molecule has 0 amide bonds. The average molecular weight is 168 g/mol. The Morgan fingerprint density at radius 1 is 1.80 bits per heavy atom. The van der Waals surface area contributed by atoms with Gasteiger partial charge in [-0.25, -0.2) is 4.18 Å². The van der Waals surface area contributed by atoms with Crippen LogP contribution in [0.25, 0.3) is 0 Å². The Kier molecular flexibility index (Phi) is 1.71. The largest absolute Gasteiger partial charge is 0.391 e. The molecular formula is C4H8O5S. The molecule has 0 radical (unpaired) electrons. The SMILES string of the molecule is CS(=O)(=O)O[C@@]1(CO)CO1. The molecule has 0 spiro atoms. The molecule has 1 fully saturated rings. The van der Waals surface area contributed by atoms with Crippen molar-refractivity contribution in [2.75, 3.05) is 19.5 Å². The molecule has 0 aromatic heterocycles. The lowest BCUT2D eigenvalue weighted by Gasteiger charge is -2.05. The first-order valence-electron chi connectivity index (χ1n) is 2.63. The molecule has 1 aliphatic rings. The quantitative estimate of drug-likeness (QED) is 0.418. The Bertz CT molecular complexity index is 214. The summed E-state index contributed by atoms with van der Waals surface area (Å²) in [5, 5.41) is 8.51. The standard InChI is InChI=1S/C4H8O5S/c1-10(6,7)9-4(2-5)3-8-4/h5H,2-3H2,1H3/t4-/m0/s1. The van der Waals surface area contributed by atoms with E-state index >= 15 is 0 Å². The minimum atomic E-state index is -3.52. The first-order chi connectivity index (χ1) is 4.47. The highest BCUT2D eigenvalue weighted by molar-refractivity contribution is 7.86. The van der Waals surface area contributed by atoms with Gasteiger partial charge in [-0.2, -0.15) is 8.42 Å². The third-order valence-corrected chi connectivity index (χ3v) is 1.62. The molecule has 0 aromatic rings. The minimum absolute atomic E-state index is 0.135. The van der Waals surface area contributed by atoms with E-state index in [1.54, 1.807) is 0 Å².